The zero-order valence-electron chi connectivity index (χ0n) is 9.87. The van der Waals surface area contributed by atoms with Gasteiger partial charge in [0.05, 0.1) is 6.10 Å². The molecule has 17 heavy (non-hydrogen) atoms. The topological polar surface area (TPSA) is 9.23 Å². The number of hydrogen-bond donors (Lipinski definition) is 0. The average Bonchev–Trinajstić information content (AvgIpc) is 2.81. The normalized spacial score (nSPS) is 21.6. The summed E-state index contributed by atoms with van der Waals surface area (Å²) in [6.07, 6.45) is 4.75. The van der Waals surface area contributed by atoms with E-state index in [-0.39, 0.29) is 5.82 Å². The fourth-order valence-electron chi connectivity index (χ4n) is 2.40. The van der Waals surface area contributed by atoms with Gasteiger partial charge >= 0.3 is 0 Å². The van der Waals surface area contributed by atoms with E-state index in [2.05, 4.69) is 15.9 Å². The predicted octanol–water partition coefficient (Wildman–Crippen LogP) is 3.95. The summed E-state index contributed by atoms with van der Waals surface area (Å²) in [7, 11) is 0. The second-order valence-electron chi connectivity index (χ2n) is 4.73. The van der Waals surface area contributed by atoms with Crippen molar-refractivity contribution in [2.24, 2.45) is 5.92 Å². The summed E-state index contributed by atoms with van der Waals surface area (Å²) in [5.41, 5.74) is 1.08. The Hall–Kier alpha value is -0.410. The van der Waals surface area contributed by atoms with Gasteiger partial charge in [0, 0.05) is 11.9 Å². The molecule has 1 fully saturated rings. The van der Waals surface area contributed by atoms with Crippen molar-refractivity contribution in [2.45, 2.75) is 31.8 Å². The van der Waals surface area contributed by atoms with Crippen molar-refractivity contribution in [3.63, 3.8) is 0 Å². The van der Waals surface area contributed by atoms with Crippen LogP contribution in [0.1, 0.15) is 24.8 Å². The molecule has 0 amide bonds. The number of benzene rings is 1. The summed E-state index contributed by atoms with van der Waals surface area (Å²) in [4.78, 5) is 0. The summed E-state index contributed by atoms with van der Waals surface area (Å²) in [6.45, 7) is 0.902. The monoisotopic (exact) mass is 300 g/mol. The van der Waals surface area contributed by atoms with E-state index in [9.17, 15) is 4.39 Å². The molecule has 94 valence electrons. The molecule has 2 atom stereocenters. The smallest absolute Gasteiger partial charge is 0.123 e. The van der Waals surface area contributed by atoms with E-state index in [1.54, 1.807) is 12.1 Å². The summed E-state index contributed by atoms with van der Waals surface area (Å²) < 4.78 is 18.7. The number of ether oxygens (including phenoxy) is 1. The first kappa shape index (κ1) is 13.0. The van der Waals surface area contributed by atoms with Crippen LogP contribution in [0.5, 0.6) is 0 Å². The summed E-state index contributed by atoms with van der Waals surface area (Å²) >= 11 is 3.55. The molecule has 3 heteroatoms. The Labute approximate surface area is 110 Å². The standard InChI is InChI=1S/C14H18BrFO/c15-10-12(9-14-5-2-6-17-14)7-11-3-1-4-13(16)8-11/h1,3-4,8,12,14H,2,5-7,9-10H2. The molecule has 0 spiro atoms. The molecular weight excluding hydrogens is 283 g/mol. The van der Waals surface area contributed by atoms with Crippen molar-refractivity contribution in [1.29, 1.82) is 0 Å². The van der Waals surface area contributed by atoms with Crippen LogP contribution in [0.2, 0.25) is 0 Å². The van der Waals surface area contributed by atoms with Gasteiger partial charge in [-0.1, -0.05) is 28.1 Å². The molecule has 1 nitrogen and oxygen atoms in total. The van der Waals surface area contributed by atoms with Crippen molar-refractivity contribution < 1.29 is 9.13 Å². The molecule has 0 aliphatic carbocycles. The van der Waals surface area contributed by atoms with Crippen LogP contribution in [-0.4, -0.2) is 18.0 Å². The van der Waals surface area contributed by atoms with Crippen LogP contribution in [0, 0.1) is 11.7 Å². The van der Waals surface area contributed by atoms with Crippen molar-refractivity contribution in [3.8, 4) is 0 Å². The lowest BCUT2D eigenvalue weighted by Crippen LogP contribution is -2.16. The van der Waals surface area contributed by atoms with Crippen molar-refractivity contribution in [3.05, 3.63) is 35.6 Å². The lowest BCUT2D eigenvalue weighted by Gasteiger charge is -2.18. The zero-order chi connectivity index (χ0) is 12.1. The highest BCUT2D eigenvalue weighted by molar-refractivity contribution is 9.09. The lowest BCUT2D eigenvalue weighted by molar-refractivity contribution is 0.0925. The average molecular weight is 301 g/mol. The Kier molecular flexibility index (Phi) is 4.99. The summed E-state index contributed by atoms with van der Waals surface area (Å²) in [5.74, 6) is 0.382. The van der Waals surface area contributed by atoms with Gasteiger partial charge in [0.25, 0.3) is 0 Å². The van der Waals surface area contributed by atoms with E-state index < -0.39 is 0 Å². The Bertz CT molecular complexity index is 350. The highest BCUT2D eigenvalue weighted by Gasteiger charge is 2.20. The minimum absolute atomic E-state index is 0.145. The number of hydrogen-bond acceptors (Lipinski definition) is 1. The molecule has 0 N–H and O–H groups in total. The van der Waals surface area contributed by atoms with Gasteiger partial charge in [-0.15, -0.1) is 0 Å². The SMILES string of the molecule is Fc1cccc(CC(CBr)CC2CCCO2)c1. The van der Waals surface area contributed by atoms with Crippen molar-refractivity contribution in [2.75, 3.05) is 11.9 Å². The third-order valence-corrected chi connectivity index (χ3v) is 4.17. The quantitative estimate of drug-likeness (QED) is 0.748. The first-order chi connectivity index (χ1) is 8.28. The van der Waals surface area contributed by atoms with Crippen molar-refractivity contribution in [1.82, 2.24) is 0 Å². The maximum absolute atomic E-state index is 13.1. The maximum Gasteiger partial charge on any atom is 0.123 e. The molecule has 0 radical (unpaired) electrons. The van der Waals surface area contributed by atoms with E-state index in [1.807, 2.05) is 6.07 Å². The molecular formula is C14H18BrFO. The molecule has 1 aromatic rings. The highest BCUT2D eigenvalue weighted by Crippen LogP contribution is 2.24. The number of alkyl halides is 1. The van der Waals surface area contributed by atoms with Crippen LogP contribution in [0.15, 0.2) is 24.3 Å². The van der Waals surface area contributed by atoms with Crippen LogP contribution in [-0.2, 0) is 11.2 Å². The lowest BCUT2D eigenvalue weighted by atomic mass is 9.94. The zero-order valence-corrected chi connectivity index (χ0v) is 11.5. The van der Waals surface area contributed by atoms with Crippen LogP contribution in [0.3, 0.4) is 0 Å². The Morgan fingerprint density at radius 3 is 3.00 bits per heavy atom. The fourth-order valence-corrected chi connectivity index (χ4v) is 2.89. The maximum atomic E-state index is 13.1. The molecule has 2 rings (SSSR count). The second-order valence-corrected chi connectivity index (χ2v) is 5.37. The van der Waals surface area contributed by atoms with Crippen LogP contribution in [0.25, 0.3) is 0 Å². The van der Waals surface area contributed by atoms with Crippen LogP contribution >= 0.6 is 15.9 Å². The summed E-state index contributed by atoms with van der Waals surface area (Å²) in [6, 6.07) is 6.90. The molecule has 0 saturated carbocycles. The Morgan fingerprint density at radius 2 is 2.35 bits per heavy atom. The van der Waals surface area contributed by atoms with Gasteiger partial charge in [-0.25, -0.2) is 4.39 Å². The van der Waals surface area contributed by atoms with Gasteiger partial charge in [-0.2, -0.15) is 0 Å². The number of halogens is 2. The fraction of sp³-hybridized carbons (Fsp3) is 0.571. The van der Waals surface area contributed by atoms with Gasteiger partial charge < -0.3 is 4.74 Å². The molecule has 0 bridgehead atoms. The first-order valence-corrected chi connectivity index (χ1v) is 7.32. The third-order valence-electron chi connectivity index (χ3n) is 3.25. The van der Waals surface area contributed by atoms with E-state index in [0.717, 1.165) is 30.3 Å². The second kappa shape index (κ2) is 6.50. The molecule has 1 heterocycles. The van der Waals surface area contributed by atoms with E-state index >= 15 is 0 Å². The van der Waals surface area contributed by atoms with E-state index in [0.29, 0.717) is 12.0 Å². The molecule has 0 aromatic heterocycles. The van der Waals surface area contributed by atoms with Gasteiger partial charge in [-0.3, -0.25) is 0 Å². The summed E-state index contributed by atoms with van der Waals surface area (Å²) in [5, 5.41) is 0.948. The highest BCUT2D eigenvalue weighted by atomic mass is 79.9. The predicted molar refractivity (Wildman–Crippen MR) is 71.0 cm³/mol. The number of rotatable bonds is 5. The Balaban J connectivity index is 1.90. The minimum atomic E-state index is -0.145. The largest absolute Gasteiger partial charge is 0.378 e. The third kappa shape index (κ3) is 4.07. The van der Waals surface area contributed by atoms with E-state index in [4.69, 9.17) is 4.74 Å². The van der Waals surface area contributed by atoms with Gasteiger partial charge in [0.2, 0.25) is 0 Å². The van der Waals surface area contributed by atoms with Gasteiger partial charge in [0.15, 0.2) is 0 Å². The molecule has 2 unspecified atom stereocenters. The molecule has 1 aromatic carbocycles. The van der Waals surface area contributed by atoms with Gasteiger partial charge in [0.1, 0.15) is 5.82 Å². The molecule has 1 aliphatic rings. The molecule has 1 saturated heterocycles. The van der Waals surface area contributed by atoms with Gasteiger partial charge in [-0.05, 0) is 49.3 Å². The van der Waals surface area contributed by atoms with E-state index in [1.165, 1.54) is 18.9 Å². The minimum Gasteiger partial charge on any atom is -0.378 e. The Morgan fingerprint density at radius 1 is 1.47 bits per heavy atom. The van der Waals surface area contributed by atoms with Crippen LogP contribution < -0.4 is 0 Å². The molecule has 1 aliphatic heterocycles. The van der Waals surface area contributed by atoms with Crippen LogP contribution in [0.4, 0.5) is 4.39 Å². The first-order valence-electron chi connectivity index (χ1n) is 6.20. The van der Waals surface area contributed by atoms with Crippen molar-refractivity contribution >= 4 is 15.9 Å².